The van der Waals surface area contributed by atoms with Gasteiger partial charge in [-0.1, -0.05) is 0 Å². The molecule has 2 N–H and O–H groups in total. The van der Waals surface area contributed by atoms with Crippen LogP contribution in [0, 0.1) is 0 Å². The fourth-order valence-electron chi connectivity index (χ4n) is 2.21. The quantitative estimate of drug-likeness (QED) is 0.748. The van der Waals surface area contributed by atoms with Gasteiger partial charge in [-0.15, -0.1) is 0 Å². The van der Waals surface area contributed by atoms with Gasteiger partial charge in [-0.05, 0) is 19.3 Å². The van der Waals surface area contributed by atoms with Gasteiger partial charge in [-0.3, -0.25) is 14.6 Å². The lowest BCUT2D eigenvalue weighted by Gasteiger charge is -2.33. The maximum Gasteiger partial charge on any atom is 0.359 e. The van der Waals surface area contributed by atoms with Crippen molar-refractivity contribution in [1.29, 1.82) is 0 Å². The van der Waals surface area contributed by atoms with E-state index >= 15 is 0 Å². The summed E-state index contributed by atoms with van der Waals surface area (Å²) in [5, 5.41) is 0. The zero-order valence-electron chi connectivity index (χ0n) is 11.4. The molecule has 1 aliphatic rings. The van der Waals surface area contributed by atoms with Crippen LogP contribution in [0.4, 0.5) is 0 Å². The van der Waals surface area contributed by atoms with E-state index < -0.39 is 30.4 Å². The Balaban J connectivity index is 1.92. The van der Waals surface area contributed by atoms with Crippen LogP contribution in [-0.2, 0) is 14.3 Å². The third kappa shape index (κ3) is 3.74. The monoisotopic (exact) mass is 292 g/mol. The van der Waals surface area contributed by atoms with Crippen molar-refractivity contribution in [3.8, 4) is 0 Å². The summed E-state index contributed by atoms with van der Waals surface area (Å²) in [4.78, 5) is 43.9. The van der Waals surface area contributed by atoms with Gasteiger partial charge >= 0.3 is 5.97 Å². The van der Waals surface area contributed by atoms with E-state index in [1.807, 2.05) is 0 Å². The van der Waals surface area contributed by atoms with Gasteiger partial charge in [0.25, 0.3) is 5.91 Å². The van der Waals surface area contributed by atoms with E-state index in [2.05, 4.69) is 9.97 Å². The first-order chi connectivity index (χ1) is 10.1. The van der Waals surface area contributed by atoms with Gasteiger partial charge in [0.05, 0.1) is 6.20 Å². The van der Waals surface area contributed by atoms with Crippen LogP contribution in [-0.4, -0.2) is 51.8 Å². The van der Waals surface area contributed by atoms with Crippen LogP contribution in [0.3, 0.4) is 0 Å². The lowest BCUT2D eigenvalue weighted by molar-refractivity contribution is -0.143. The van der Waals surface area contributed by atoms with Crippen molar-refractivity contribution in [1.82, 2.24) is 14.9 Å². The number of nitrogens with two attached hydrogens (primary N) is 1. The highest BCUT2D eigenvalue weighted by Crippen LogP contribution is 2.17. The Morgan fingerprint density at radius 2 is 2.14 bits per heavy atom. The van der Waals surface area contributed by atoms with Crippen molar-refractivity contribution in [2.75, 3.05) is 13.2 Å². The maximum absolute atomic E-state index is 12.1. The van der Waals surface area contributed by atoms with E-state index in [9.17, 15) is 14.4 Å². The predicted octanol–water partition coefficient (Wildman–Crippen LogP) is -0.500. The molecule has 1 aromatic rings. The van der Waals surface area contributed by atoms with Gasteiger partial charge in [0.2, 0.25) is 5.91 Å². The first-order valence-electron chi connectivity index (χ1n) is 6.61. The minimum absolute atomic E-state index is 0.0235. The van der Waals surface area contributed by atoms with E-state index in [0.29, 0.717) is 13.0 Å². The molecule has 1 saturated heterocycles. The Hall–Kier alpha value is -2.51. The van der Waals surface area contributed by atoms with Crippen LogP contribution < -0.4 is 5.73 Å². The summed E-state index contributed by atoms with van der Waals surface area (Å²) < 4.78 is 4.89. The summed E-state index contributed by atoms with van der Waals surface area (Å²) in [6.45, 7) is -0.00563. The molecule has 0 spiro atoms. The molecule has 1 fully saturated rings. The number of hydrogen-bond donors (Lipinski definition) is 1. The predicted molar refractivity (Wildman–Crippen MR) is 70.9 cm³/mol. The summed E-state index contributed by atoms with van der Waals surface area (Å²) in [6, 6.07) is -0.624. The second-order valence-corrected chi connectivity index (χ2v) is 4.67. The minimum Gasteiger partial charge on any atom is -0.451 e. The molecule has 1 aromatic heterocycles. The molecular formula is C13H16N4O4. The molecule has 112 valence electrons. The highest BCUT2D eigenvalue weighted by Gasteiger charge is 2.31. The number of nitrogens with zero attached hydrogens (tertiary/aromatic N) is 3. The molecule has 0 radical (unpaired) electrons. The van der Waals surface area contributed by atoms with E-state index in [4.69, 9.17) is 10.5 Å². The molecule has 2 heterocycles. The van der Waals surface area contributed by atoms with Gasteiger partial charge < -0.3 is 15.4 Å². The number of aromatic nitrogens is 2. The molecule has 0 aliphatic carbocycles. The number of amides is 2. The fraction of sp³-hybridized carbons (Fsp3) is 0.462. The first kappa shape index (κ1) is 14.9. The normalized spacial score (nSPS) is 18.1. The molecule has 21 heavy (non-hydrogen) atoms. The number of rotatable bonds is 4. The van der Waals surface area contributed by atoms with Crippen LogP contribution >= 0.6 is 0 Å². The van der Waals surface area contributed by atoms with Gasteiger partial charge in [0.1, 0.15) is 6.04 Å². The van der Waals surface area contributed by atoms with Crippen molar-refractivity contribution in [3.63, 3.8) is 0 Å². The second-order valence-electron chi connectivity index (χ2n) is 4.67. The molecule has 2 rings (SSSR count). The number of piperidine rings is 1. The SMILES string of the molecule is NC(=O)[C@H]1CCCCN1C(=O)COC(=O)c1cnccn1. The summed E-state index contributed by atoms with van der Waals surface area (Å²) in [5.41, 5.74) is 5.31. The van der Waals surface area contributed by atoms with E-state index in [-0.39, 0.29) is 5.69 Å². The molecule has 0 saturated carbocycles. The Kier molecular flexibility index (Phi) is 4.81. The topological polar surface area (TPSA) is 115 Å². The van der Waals surface area contributed by atoms with Crippen LogP contribution in [0.1, 0.15) is 29.8 Å². The van der Waals surface area contributed by atoms with Crippen LogP contribution in [0.15, 0.2) is 18.6 Å². The van der Waals surface area contributed by atoms with Crippen molar-refractivity contribution < 1.29 is 19.1 Å². The van der Waals surface area contributed by atoms with Gasteiger partial charge in [0, 0.05) is 18.9 Å². The average Bonchev–Trinajstić information content (AvgIpc) is 2.53. The largest absolute Gasteiger partial charge is 0.451 e. The Morgan fingerprint density at radius 1 is 1.33 bits per heavy atom. The summed E-state index contributed by atoms with van der Waals surface area (Å²) in [7, 11) is 0. The van der Waals surface area contributed by atoms with Crippen molar-refractivity contribution in [3.05, 3.63) is 24.3 Å². The molecule has 1 aliphatic heterocycles. The number of likely N-dealkylation sites (tertiary alicyclic amines) is 1. The van der Waals surface area contributed by atoms with E-state index in [1.165, 1.54) is 23.5 Å². The molecule has 0 unspecified atom stereocenters. The zero-order chi connectivity index (χ0) is 15.2. The molecule has 0 bridgehead atoms. The Morgan fingerprint density at radius 3 is 2.81 bits per heavy atom. The summed E-state index contributed by atoms with van der Waals surface area (Å²) >= 11 is 0. The first-order valence-corrected chi connectivity index (χ1v) is 6.61. The van der Waals surface area contributed by atoms with Crippen LogP contribution in [0.2, 0.25) is 0 Å². The van der Waals surface area contributed by atoms with Crippen molar-refractivity contribution in [2.45, 2.75) is 25.3 Å². The number of carbonyl (C=O) groups excluding carboxylic acids is 3. The maximum atomic E-state index is 12.1. The number of primary amides is 1. The highest BCUT2D eigenvalue weighted by atomic mass is 16.5. The molecule has 2 amide bonds. The van der Waals surface area contributed by atoms with Gasteiger partial charge in [-0.25, -0.2) is 9.78 Å². The third-order valence-electron chi connectivity index (χ3n) is 3.25. The second kappa shape index (κ2) is 6.78. The average molecular weight is 292 g/mol. The fourth-order valence-corrected chi connectivity index (χ4v) is 2.21. The lowest BCUT2D eigenvalue weighted by Crippen LogP contribution is -2.51. The molecule has 0 aromatic carbocycles. The number of hydrogen-bond acceptors (Lipinski definition) is 6. The van der Waals surface area contributed by atoms with Gasteiger partial charge in [-0.2, -0.15) is 0 Å². The number of ether oxygens (including phenoxy) is 1. The van der Waals surface area contributed by atoms with Crippen LogP contribution in [0.5, 0.6) is 0 Å². The van der Waals surface area contributed by atoms with E-state index in [1.54, 1.807) is 0 Å². The summed E-state index contributed by atoms with van der Waals surface area (Å²) in [6.07, 6.45) is 6.21. The Labute approximate surface area is 121 Å². The molecular weight excluding hydrogens is 276 g/mol. The molecule has 1 atom stereocenters. The van der Waals surface area contributed by atoms with Crippen molar-refractivity contribution >= 4 is 17.8 Å². The zero-order valence-corrected chi connectivity index (χ0v) is 11.4. The van der Waals surface area contributed by atoms with Crippen LogP contribution in [0.25, 0.3) is 0 Å². The number of esters is 1. The number of carbonyl (C=O) groups is 3. The third-order valence-corrected chi connectivity index (χ3v) is 3.25. The van der Waals surface area contributed by atoms with Crippen molar-refractivity contribution in [2.24, 2.45) is 5.73 Å². The highest BCUT2D eigenvalue weighted by molar-refractivity contribution is 5.91. The lowest BCUT2D eigenvalue weighted by atomic mass is 10.0. The smallest absolute Gasteiger partial charge is 0.359 e. The van der Waals surface area contributed by atoms with E-state index in [0.717, 1.165) is 12.8 Å². The standard InChI is InChI=1S/C13H16N4O4/c14-12(19)10-3-1-2-6-17(10)11(18)8-21-13(20)9-7-15-4-5-16-9/h4-5,7,10H,1-3,6,8H2,(H2,14,19)/t10-/m1/s1. The minimum atomic E-state index is -0.732. The van der Waals surface area contributed by atoms with Gasteiger partial charge in [0.15, 0.2) is 12.3 Å². The Bertz CT molecular complexity index is 534. The molecule has 8 heteroatoms. The molecule has 8 nitrogen and oxygen atoms in total. The summed E-state index contributed by atoms with van der Waals surface area (Å²) in [5.74, 6) is -1.71.